The Hall–Kier alpha value is -3.46. The van der Waals surface area contributed by atoms with Crippen LogP contribution in [0.5, 0.6) is 0 Å². The van der Waals surface area contributed by atoms with E-state index in [4.69, 9.17) is 5.10 Å². The van der Waals surface area contributed by atoms with Gasteiger partial charge in [-0.15, -0.1) is 12.4 Å². The molecule has 0 spiro atoms. The normalized spacial score (nSPS) is 12.4. The molecule has 30 heavy (non-hydrogen) atoms. The summed E-state index contributed by atoms with van der Waals surface area (Å²) in [5, 5.41) is 8.68. The number of halogens is 2. The highest BCUT2D eigenvalue weighted by Gasteiger charge is 2.27. The van der Waals surface area contributed by atoms with Crippen LogP contribution in [-0.2, 0) is 16.1 Å². The van der Waals surface area contributed by atoms with Gasteiger partial charge in [-0.3, -0.25) is 25.0 Å². The van der Waals surface area contributed by atoms with Crippen molar-refractivity contribution in [2.75, 3.05) is 18.5 Å². The summed E-state index contributed by atoms with van der Waals surface area (Å²) in [6.07, 6.45) is 3.35. The molecule has 0 saturated carbocycles. The van der Waals surface area contributed by atoms with Crippen LogP contribution >= 0.6 is 12.4 Å². The molecule has 1 aliphatic heterocycles. The highest BCUT2D eigenvalue weighted by Crippen LogP contribution is 2.38. The molecule has 2 amide bonds. The van der Waals surface area contributed by atoms with E-state index >= 15 is 0 Å². The zero-order valence-electron chi connectivity index (χ0n) is 16.1. The van der Waals surface area contributed by atoms with Crippen molar-refractivity contribution in [3.8, 4) is 22.4 Å². The summed E-state index contributed by atoms with van der Waals surface area (Å²) in [6, 6.07) is 9.83. The number of hydrogen-bond donors (Lipinski definition) is 2. The molecule has 0 bridgehead atoms. The first-order chi connectivity index (χ1) is 14.0. The molecule has 0 atom stereocenters. The molecular formula is C20H20ClFN6O2. The molecule has 156 valence electrons. The number of hydrogen-bond acceptors (Lipinski definition) is 5. The number of hydrazine groups is 1. The Morgan fingerprint density at radius 1 is 1.10 bits per heavy atom. The average Bonchev–Trinajstić information content (AvgIpc) is 3.11. The first-order valence-electron chi connectivity index (χ1n) is 9.11. The van der Waals surface area contributed by atoms with E-state index in [9.17, 15) is 14.0 Å². The molecule has 2 N–H and O–H groups in total. The minimum atomic E-state index is -0.323. The zero-order valence-corrected chi connectivity index (χ0v) is 16.9. The van der Waals surface area contributed by atoms with Crippen LogP contribution in [-0.4, -0.2) is 44.7 Å². The van der Waals surface area contributed by atoms with Gasteiger partial charge < -0.3 is 5.32 Å². The lowest BCUT2D eigenvalue weighted by Crippen LogP contribution is -2.47. The van der Waals surface area contributed by atoms with Crippen LogP contribution in [0.1, 0.15) is 6.92 Å². The maximum absolute atomic E-state index is 13.4. The van der Waals surface area contributed by atoms with Gasteiger partial charge in [0.15, 0.2) is 5.82 Å². The number of rotatable bonds is 4. The van der Waals surface area contributed by atoms with Crippen molar-refractivity contribution in [1.82, 2.24) is 25.1 Å². The Morgan fingerprint density at radius 2 is 1.80 bits per heavy atom. The monoisotopic (exact) mass is 430 g/mol. The van der Waals surface area contributed by atoms with Crippen molar-refractivity contribution in [3.63, 3.8) is 0 Å². The van der Waals surface area contributed by atoms with E-state index in [0.29, 0.717) is 24.6 Å². The third-order valence-corrected chi connectivity index (χ3v) is 4.60. The Bertz CT molecular complexity index is 1060. The Morgan fingerprint density at radius 3 is 2.47 bits per heavy atom. The van der Waals surface area contributed by atoms with Crippen LogP contribution in [0, 0.1) is 5.82 Å². The minimum absolute atomic E-state index is 0. The molecule has 1 aromatic carbocycles. The number of benzene rings is 1. The van der Waals surface area contributed by atoms with E-state index in [2.05, 4.69) is 15.7 Å². The van der Waals surface area contributed by atoms with Gasteiger partial charge >= 0.3 is 0 Å². The number of pyridine rings is 1. The number of anilines is 1. The zero-order chi connectivity index (χ0) is 20.4. The smallest absolute Gasteiger partial charge is 0.260 e. The fraction of sp³-hybridized carbons (Fsp3) is 0.200. The summed E-state index contributed by atoms with van der Waals surface area (Å²) in [6.45, 7) is 2.15. The number of carbonyl (C=O) groups excluding carboxylic acids is 2. The second-order valence-corrected chi connectivity index (χ2v) is 6.61. The molecule has 8 nitrogen and oxygen atoms in total. The molecule has 3 heterocycles. The molecule has 0 saturated heterocycles. The number of carbonyl (C=O) groups is 2. The maximum Gasteiger partial charge on any atom is 0.260 e. The van der Waals surface area contributed by atoms with Crippen LogP contribution in [0.15, 0.2) is 48.8 Å². The van der Waals surface area contributed by atoms with Crippen molar-refractivity contribution in [3.05, 3.63) is 54.6 Å². The van der Waals surface area contributed by atoms with Gasteiger partial charge in [0.25, 0.3) is 5.91 Å². The van der Waals surface area contributed by atoms with Gasteiger partial charge in [-0.05, 0) is 42.0 Å². The first kappa shape index (κ1) is 21.3. The lowest BCUT2D eigenvalue weighted by molar-refractivity contribution is -0.131. The predicted molar refractivity (Wildman–Crippen MR) is 112 cm³/mol. The SMILES string of the molecule is CC(=O)NCC(=O)N1CCn2nc(-c3ccc(F)cc3)c(-c3ccncc3)c2N1.Cl. The average molecular weight is 431 g/mol. The van der Waals surface area contributed by atoms with Crippen molar-refractivity contribution in [2.45, 2.75) is 13.5 Å². The highest BCUT2D eigenvalue weighted by atomic mass is 35.5. The summed E-state index contributed by atoms with van der Waals surface area (Å²) in [4.78, 5) is 27.6. The fourth-order valence-electron chi connectivity index (χ4n) is 3.20. The Kier molecular flexibility index (Phi) is 6.31. The minimum Gasteiger partial charge on any atom is -0.347 e. The second-order valence-electron chi connectivity index (χ2n) is 6.61. The predicted octanol–water partition coefficient (Wildman–Crippen LogP) is 2.48. The van der Waals surface area contributed by atoms with Gasteiger partial charge in [-0.1, -0.05) is 0 Å². The van der Waals surface area contributed by atoms with E-state index in [-0.39, 0.29) is 36.6 Å². The lowest BCUT2D eigenvalue weighted by atomic mass is 10.0. The van der Waals surface area contributed by atoms with Gasteiger partial charge in [0.05, 0.1) is 25.2 Å². The largest absolute Gasteiger partial charge is 0.347 e. The third-order valence-electron chi connectivity index (χ3n) is 4.60. The molecule has 0 fully saturated rings. The molecule has 3 aromatic rings. The molecule has 0 aliphatic carbocycles. The number of aromatic nitrogens is 3. The van der Waals surface area contributed by atoms with Crippen LogP contribution < -0.4 is 10.7 Å². The van der Waals surface area contributed by atoms with E-state index < -0.39 is 0 Å². The summed E-state index contributed by atoms with van der Waals surface area (Å²) in [5.41, 5.74) is 6.22. The topological polar surface area (TPSA) is 92.2 Å². The van der Waals surface area contributed by atoms with Gasteiger partial charge in [-0.2, -0.15) is 5.10 Å². The Balaban J connectivity index is 0.00000256. The number of nitrogens with zero attached hydrogens (tertiary/aromatic N) is 4. The van der Waals surface area contributed by atoms with Crippen LogP contribution in [0.2, 0.25) is 0 Å². The number of amides is 2. The third kappa shape index (κ3) is 4.25. The molecule has 2 aromatic heterocycles. The van der Waals surface area contributed by atoms with Crippen molar-refractivity contribution in [1.29, 1.82) is 0 Å². The van der Waals surface area contributed by atoms with E-state index in [1.807, 2.05) is 12.1 Å². The van der Waals surface area contributed by atoms with Crippen LogP contribution in [0.3, 0.4) is 0 Å². The van der Waals surface area contributed by atoms with E-state index in [1.165, 1.54) is 24.1 Å². The highest BCUT2D eigenvalue weighted by molar-refractivity contribution is 5.91. The molecular weight excluding hydrogens is 411 g/mol. The molecule has 0 radical (unpaired) electrons. The van der Waals surface area contributed by atoms with Crippen LogP contribution in [0.25, 0.3) is 22.4 Å². The van der Waals surface area contributed by atoms with Crippen molar-refractivity contribution >= 4 is 30.0 Å². The van der Waals surface area contributed by atoms with E-state index in [1.54, 1.807) is 29.2 Å². The van der Waals surface area contributed by atoms with Gasteiger partial charge in [0, 0.05) is 24.9 Å². The molecule has 10 heteroatoms. The van der Waals surface area contributed by atoms with Crippen molar-refractivity contribution < 1.29 is 14.0 Å². The summed E-state index contributed by atoms with van der Waals surface area (Å²) < 4.78 is 15.2. The summed E-state index contributed by atoms with van der Waals surface area (Å²) in [5.74, 6) is -0.192. The van der Waals surface area contributed by atoms with Crippen LogP contribution in [0.4, 0.5) is 10.2 Å². The maximum atomic E-state index is 13.4. The van der Waals surface area contributed by atoms with Gasteiger partial charge in [0.2, 0.25) is 5.91 Å². The quantitative estimate of drug-likeness (QED) is 0.663. The lowest BCUT2D eigenvalue weighted by Gasteiger charge is -2.29. The summed E-state index contributed by atoms with van der Waals surface area (Å²) in [7, 11) is 0. The van der Waals surface area contributed by atoms with Gasteiger partial charge in [-0.25, -0.2) is 9.07 Å². The van der Waals surface area contributed by atoms with Gasteiger partial charge in [0.1, 0.15) is 11.5 Å². The number of fused-ring (bicyclic) bond motifs is 1. The van der Waals surface area contributed by atoms with E-state index in [0.717, 1.165) is 16.7 Å². The Labute approximate surface area is 178 Å². The number of nitrogens with one attached hydrogen (secondary N) is 2. The summed E-state index contributed by atoms with van der Waals surface area (Å²) >= 11 is 0. The standard InChI is InChI=1S/C20H19FN6O2.ClH/c1-13(28)23-12-17(29)26-10-11-27-20(25-26)18(14-6-8-22-9-7-14)19(24-27)15-2-4-16(21)5-3-15;/h2-9,25H,10-12H2,1H3,(H,23,28);1H. The molecule has 4 rings (SSSR count). The molecule has 1 aliphatic rings. The second kappa shape index (κ2) is 8.91. The van der Waals surface area contributed by atoms with Crippen molar-refractivity contribution in [2.24, 2.45) is 0 Å². The fourth-order valence-corrected chi connectivity index (χ4v) is 3.20. The molecule has 0 unspecified atom stereocenters. The first-order valence-corrected chi connectivity index (χ1v) is 9.11.